The van der Waals surface area contributed by atoms with E-state index in [1.54, 1.807) is 25.4 Å². The number of ketones is 3. The van der Waals surface area contributed by atoms with E-state index in [0.717, 1.165) is 79.8 Å². The van der Waals surface area contributed by atoms with Crippen LogP contribution >= 0.6 is 0 Å². The summed E-state index contributed by atoms with van der Waals surface area (Å²) < 4.78 is 0. The Labute approximate surface area is 293 Å². The van der Waals surface area contributed by atoms with Crippen LogP contribution in [0.2, 0.25) is 0 Å². The maximum atomic E-state index is 12.5. The second-order valence-corrected chi connectivity index (χ2v) is 15.3. The average molecular weight is 673 g/mol. The van der Waals surface area contributed by atoms with Crippen molar-refractivity contribution in [1.82, 2.24) is 19.8 Å². The zero-order valence-corrected chi connectivity index (χ0v) is 29.1. The topological polar surface area (TPSA) is 151 Å². The molecule has 2 spiro atoms. The van der Waals surface area contributed by atoms with E-state index in [1.807, 2.05) is 6.07 Å². The van der Waals surface area contributed by atoms with Gasteiger partial charge in [-0.2, -0.15) is 10.5 Å². The summed E-state index contributed by atoms with van der Waals surface area (Å²) in [5.74, 6) is -0.378. The van der Waals surface area contributed by atoms with E-state index in [1.165, 1.54) is 45.4 Å². The van der Waals surface area contributed by atoms with E-state index in [0.29, 0.717) is 27.9 Å². The van der Waals surface area contributed by atoms with Gasteiger partial charge >= 0.3 is 0 Å². The second kappa shape index (κ2) is 13.2. The van der Waals surface area contributed by atoms with Gasteiger partial charge in [-0.05, 0) is 92.4 Å². The number of Topliss-reactive ketones (excluding diaryl/α,β-unsaturated/α-hetero) is 3. The van der Waals surface area contributed by atoms with Crippen LogP contribution in [0.5, 0.6) is 0 Å². The van der Waals surface area contributed by atoms with Crippen LogP contribution in [0.25, 0.3) is 11.4 Å². The molecule has 4 fully saturated rings. The van der Waals surface area contributed by atoms with E-state index in [4.69, 9.17) is 0 Å². The van der Waals surface area contributed by atoms with Crippen molar-refractivity contribution in [1.29, 1.82) is 10.5 Å². The van der Waals surface area contributed by atoms with Crippen molar-refractivity contribution >= 4 is 28.7 Å². The van der Waals surface area contributed by atoms with Crippen molar-refractivity contribution in [2.45, 2.75) is 97.0 Å². The summed E-state index contributed by atoms with van der Waals surface area (Å²) in [6, 6.07) is 7.88. The summed E-state index contributed by atoms with van der Waals surface area (Å²) in [5.41, 5.74) is 7.33. The van der Waals surface area contributed by atoms with Crippen LogP contribution in [0.3, 0.4) is 0 Å². The van der Waals surface area contributed by atoms with Gasteiger partial charge in [-0.25, -0.2) is 0 Å². The predicted octanol–water partition coefficient (Wildman–Crippen LogP) is 5.67. The zero-order chi connectivity index (χ0) is 35.2. The van der Waals surface area contributed by atoms with Crippen molar-refractivity contribution in [2.24, 2.45) is 10.8 Å². The van der Waals surface area contributed by atoms with Crippen molar-refractivity contribution in [3.63, 3.8) is 0 Å². The number of hydrogen-bond acceptors (Lipinski definition) is 10. The predicted molar refractivity (Wildman–Crippen MR) is 186 cm³/mol. The van der Waals surface area contributed by atoms with Crippen LogP contribution in [-0.4, -0.2) is 68.4 Å². The minimum atomic E-state index is -0.672. The van der Waals surface area contributed by atoms with Gasteiger partial charge in [-0.3, -0.25) is 24.4 Å². The highest BCUT2D eigenvalue weighted by molar-refractivity contribution is 6.11. The number of fused-ring (bicyclic) bond motifs is 2. The molecular weight excluding hydrogens is 628 g/mol. The summed E-state index contributed by atoms with van der Waals surface area (Å²) in [7, 11) is 0. The number of aliphatic hydroxyl groups excluding tert-OH is 1. The molecule has 258 valence electrons. The van der Waals surface area contributed by atoms with Gasteiger partial charge in [-0.1, -0.05) is 12.8 Å². The van der Waals surface area contributed by atoms with E-state index < -0.39 is 6.10 Å². The number of rotatable bonds is 4. The first-order valence-electron chi connectivity index (χ1n) is 18.1. The molecule has 0 amide bonds. The fourth-order valence-corrected chi connectivity index (χ4v) is 8.83. The highest BCUT2D eigenvalue weighted by Crippen LogP contribution is 2.51. The molecule has 2 aromatic rings. The molecule has 8 rings (SSSR count). The van der Waals surface area contributed by atoms with Crippen LogP contribution in [-0.2, 0) is 22.4 Å². The lowest BCUT2D eigenvalue weighted by atomic mass is 9.63. The lowest BCUT2D eigenvalue weighted by molar-refractivity contribution is -0.115. The average Bonchev–Trinajstić information content (AvgIpc) is 3.09. The first-order chi connectivity index (χ1) is 24.1. The van der Waals surface area contributed by atoms with Gasteiger partial charge in [0, 0.05) is 69.5 Å². The molecule has 2 saturated carbocycles. The lowest BCUT2D eigenvalue weighted by Gasteiger charge is -2.49. The normalized spacial score (nSPS) is 22.3. The van der Waals surface area contributed by atoms with Crippen LogP contribution in [0, 0.1) is 33.5 Å². The van der Waals surface area contributed by atoms with E-state index in [9.17, 15) is 30.0 Å². The molecule has 2 aromatic heterocycles. The molecule has 1 N–H and O–H groups in total. The van der Waals surface area contributed by atoms with Gasteiger partial charge in [0.25, 0.3) is 0 Å². The Kier molecular flexibility index (Phi) is 8.94. The molecule has 4 aliphatic carbocycles. The third-order valence-electron chi connectivity index (χ3n) is 12.4. The summed E-state index contributed by atoms with van der Waals surface area (Å²) in [5, 5.41) is 29.1. The quantitative estimate of drug-likeness (QED) is 0.402. The number of nitriles is 2. The van der Waals surface area contributed by atoms with Crippen LogP contribution < -0.4 is 0 Å². The standard InChI is InChI=1S/C20H23N3O2.C20H21N3O2/c2*1-13(24)17-10-15-14(12-22-17)9-18(25)16(11-21)19(15)23-7-5-20(6-8-23)3-2-4-20/h10,12-13,24H,2-9H2,1H3;10,12H,2-9H2,1H3. The first-order valence-corrected chi connectivity index (χ1v) is 18.1. The van der Waals surface area contributed by atoms with Gasteiger partial charge in [-0.15, -0.1) is 0 Å². The molecule has 50 heavy (non-hydrogen) atoms. The minimum Gasteiger partial charge on any atom is -0.387 e. The summed E-state index contributed by atoms with van der Waals surface area (Å²) in [6.07, 6.45) is 15.4. The van der Waals surface area contributed by atoms with Gasteiger partial charge in [0.05, 0.1) is 23.2 Å². The maximum Gasteiger partial charge on any atom is 0.179 e. The lowest BCUT2D eigenvalue weighted by Crippen LogP contribution is -2.43. The van der Waals surface area contributed by atoms with Gasteiger partial charge in [0.15, 0.2) is 17.3 Å². The molecule has 2 aliphatic heterocycles. The second-order valence-electron chi connectivity index (χ2n) is 15.3. The van der Waals surface area contributed by atoms with Gasteiger partial charge < -0.3 is 14.9 Å². The van der Waals surface area contributed by atoms with Crippen LogP contribution in [0.1, 0.15) is 123 Å². The van der Waals surface area contributed by atoms with Gasteiger partial charge in [0.1, 0.15) is 29.0 Å². The molecule has 1 unspecified atom stereocenters. The smallest absolute Gasteiger partial charge is 0.179 e. The molecule has 0 radical (unpaired) electrons. The van der Waals surface area contributed by atoms with Crippen molar-refractivity contribution in [3.8, 4) is 12.1 Å². The molecule has 10 heteroatoms. The minimum absolute atomic E-state index is 0.107. The number of likely N-dealkylation sites (tertiary alicyclic amines) is 2. The number of carbonyl (C=O) groups excluding carboxylic acids is 3. The third kappa shape index (κ3) is 6.04. The molecule has 1 atom stereocenters. The number of nitrogens with zero attached hydrogens (tertiary/aromatic N) is 6. The number of aromatic nitrogens is 2. The number of hydrogen-bond donors (Lipinski definition) is 1. The monoisotopic (exact) mass is 672 g/mol. The van der Waals surface area contributed by atoms with E-state index in [2.05, 4.69) is 31.9 Å². The van der Waals surface area contributed by atoms with E-state index >= 15 is 0 Å². The largest absolute Gasteiger partial charge is 0.387 e. The molecule has 0 bridgehead atoms. The Morgan fingerprint density at radius 1 is 0.760 bits per heavy atom. The van der Waals surface area contributed by atoms with Crippen LogP contribution in [0.4, 0.5) is 0 Å². The SMILES string of the molecule is CC(=O)c1cc2c(cn1)CC(=O)C(C#N)=C2N1CCC2(CCC2)CC1.CC(O)c1cc2c(cn1)CC(=O)C(C#N)=C2N1CCC2(CCC2)CC1. The number of pyridine rings is 2. The molecule has 10 nitrogen and oxygen atoms in total. The van der Waals surface area contributed by atoms with Crippen molar-refractivity contribution < 1.29 is 19.5 Å². The third-order valence-corrected chi connectivity index (χ3v) is 12.4. The van der Waals surface area contributed by atoms with Gasteiger partial charge in [0.2, 0.25) is 0 Å². The Balaban J connectivity index is 0.000000157. The fraction of sp³-hybridized carbons (Fsp3) is 0.525. The molecule has 6 aliphatic rings. The fourth-order valence-electron chi connectivity index (χ4n) is 8.83. The molecule has 4 heterocycles. The Hall–Kier alpha value is -4.67. The van der Waals surface area contributed by atoms with Crippen LogP contribution in [0.15, 0.2) is 35.7 Å². The first kappa shape index (κ1) is 33.8. The highest BCUT2D eigenvalue weighted by atomic mass is 16.3. The summed E-state index contributed by atoms with van der Waals surface area (Å²) >= 11 is 0. The summed E-state index contributed by atoms with van der Waals surface area (Å²) in [6.45, 7) is 6.67. The molecular formula is C40H44N6O4. The Bertz CT molecular complexity index is 1900. The number of allylic oxidation sites excluding steroid dienone is 2. The number of aliphatic hydroxyl groups is 1. The van der Waals surface area contributed by atoms with Crippen molar-refractivity contribution in [3.05, 3.63) is 69.3 Å². The van der Waals surface area contributed by atoms with E-state index in [-0.39, 0.29) is 41.3 Å². The number of carbonyl (C=O) groups is 3. The number of piperidine rings is 2. The maximum absolute atomic E-state index is 12.5. The zero-order valence-electron chi connectivity index (χ0n) is 29.1. The molecule has 2 saturated heterocycles. The molecule has 0 aromatic carbocycles. The highest BCUT2D eigenvalue weighted by Gasteiger charge is 2.43. The van der Waals surface area contributed by atoms with Crippen molar-refractivity contribution in [2.75, 3.05) is 26.2 Å². The summed E-state index contributed by atoms with van der Waals surface area (Å²) in [4.78, 5) is 49.5. The Morgan fingerprint density at radius 2 is 1.20 bits per heavy atom. The Morgan fingerprint density at radius 3 is 1.58 bits per heavy atom.